The van der Waals surface area contributed by atoms with Gasteiger partial charge in [0.2, 0.25) is 5.91 Å². The maximum Gasteiger partial charge on any atom is 0.264 e. The molecule has 4 rings (SSSR count). The van der Waals surface area contributed by atoms with Gasteiger partial charge in [-0.25, -0.2) is 8.42 Å². The van der Waals surface area contributed by atoms with Crippen molar-refractivity contribution in [2.24, 2.45) is 0 Å². The summed E-state index contributed by atoms with van der Waals surface area (Å²) in [7, 11) is -2.29. The second-order valence-electron chi connectivity index (χ2n) is 9.69. The number of amides is 1. The predicted molar refractivity (Wildman–Crippen MR) is 154 cm³/mol. The smallest absolute Gasteiger partial charge is 0.264 e. The zero-order chi connectivity index (χ0) is 28.0. The molecule has 1 heterocycles. The lowest BCUT2D eigenvalue weighted by atomic mass is 10.2. The number of aryl methyl sites for hydroxylation is 1. The van der Waals surface area contributed by atoms with Crippen LogP contribution in [0.4, 0.5) is 17.1 Å². The fraction of sp³-hybridized carbons (Fsp3) is 0.345. The molecule has 1 aliphatic rings. The number of ether oxygens (including phenoxy) is 1. The van der Waals surface area contributed by atoms with E-state index in [9.17, 15) is 18.3 Å². The number of carbonyl (C=O) groups excluding carboxylic acids is 1. The van der Waals surface area contributed by atoms with Crippen LogP contribution in [0.5, 0.6) is 5.75 Å². The van der Waals surface area contributed by atoms with Gasteiger partial charge in [0.1, 0.15) is 5.75 Å². The van der Waals surface area contributed by atoms with Crippen molar-refractivity contribution < 1.29 is 23.1 Å². The highest BCUT2D eigenvalue weighted by Crippen LogP contribution is 2.29. The van der Waals surface area contributed by atoms with Gasteiger partial charge in [0, 0.05) is 45.3 Å². The summed E-state index contributed by atoms with van der Waals surface area (Å²) in [5.41, 5.74) is 2.96. The third-order valence-corrected chi connectivity index (χ3v) is 8.54. The molecule has 1 aliphatic heterocycles. The van der Waals surface area contributed by atoms with Gasteiger partial charge in [-0.15, -0.1) is 0 Å². The van der Waals surface area contributed by atoms with Gasteiger partial charge in [-0.05, 0) is 55.5 Å². The van der Waals surface area contributed by atoms with Crippen molar-refractivity contribution in [2.75, 3.05) is 60.9 Å². The van der Waals surface area contributed by atoms with Crippen LogP contribution in [-0.4, -0.2) is 76.8 Å². The summed E-state index contributed by atoms with van der Waals surface area (Å²) in [6.07, 6.45) is -0.918. The average Bonchev–Trinajstić information content (AvgIpc) is 2.92. The first kappa shape index (κ1) is 28.4. The number of hydrogen-bond donors (Lipinski definition) is 2. The molecule has 1 unspecified atom stereocenters. The maximum atomic E-state index is 13.7. The molecule has 0 saturated carbocycles. The second kappa shape index (κ2) is 12.5. The first-order valence-corrected chi connectivity index (χ1v) is 14.4. The van der Waals surface area contributed by atoms with Gasteiger partial charge < -0.3 is 20.1 Å². The van der Waals surface area contributed by atoms with E-state index in [-0.39, 0.29) is 17.3 Å². The van der Waals surface area contributed by atoms with Crippen LogP contribution in [0.25, 0.3) is 0 Å². The van der Waals surface area contributed by atoms with Crippen LogP contribution in [-0.2, 0) is 14.8 Å². The van der Waals surface area contributed by atoms with Crippen molar-refractivity contribution >= 4 is 33.0 Å². The third-order valence-electron chi connectivity index (χ3n) is 6.73. The molecule has 208 valence electrons. The summed E-state index contributed by atoms with van der Waals surface area (Å²) in [6, 6.07) is 21.1. The number of methoxy groups -OCH3 is 1. The number of carbonyl (C=O) groups is 1. The number of hydrogen-bond acceptors (Lipinski definition) is 7. The van der Waals surface area contributed by atoms with Crippen molar-refractivity contribution in [3.05, 3.63) is 78.4 Å². The SMILES string of the molecule is COc1ccccc1N1CCN(CC(O)CN(c2ccc(NC(C)=O)cc2)S(=O)(=O)c2ccc(C)cc2)CC1. The van der Waals surface area contributed by atoms with Crippen LogP contribution < -0.4 is 19.3 Å². The number of rotatable bonds is 10. The molecule has 1 saturated heterocycles. The van der Waals surface area contributed by atoms with Crippen LogP contribution in [0.2, 0.25) is 0 Å². The normalized spacial score (nSPS) is 15.0. The van der Waals surface area contributed by atoms with Crippen molar-refractivity contribution in [1.29, 1.82) is 0 Å². The maximum absolute atomic E-state index is 13.7. The second-order valence-corrected chi connectivity index (χ2v) is 11.6. The van der Waals surface area contributed by atoms with Gasteiger partial charge in [0.25, 0.3) is 10.0 Å². The van der Waals surface area contributed by atoms with Gasteiger partial charge >= 0.3 is 0 Å². The number of benzene rings is 3. The topological polar surface area (TPSA) is 102 Å². The Labute approximate surface area is 230 Å². The molecule has 9 nitrogen and oxygen atoms in total. The number of aliphatic hydroxyl groups is 1. The van der Waals surface area contributed by atoms with Crippen molar-refractivity contribution in [3.8, 4) is 5.75 Å². The molecule has 39 heavy (non-hydrogen) atoms. The molecule has 3 aromatic carbocycles. The molecule has 1 amide bonds. The number of anilines is 3. The van der Waals surface area contributed by atoms with Crippen LogP contribution in [0.15, 0.2) is 77.7 Å². The van der Waals surface area contributed by atoms with Crippen LogP contribution in [0.1, 0.15) is 12.5 Å². The molecule has 0 radical (unpaired) electrons. The van der Waals surface area contributed by atoms with E-state index >= 15 is 0 Å². The monoisotopic (exact) mass is 552 g/mol. The first-order chi connectivity index (χ1) is 18.7. The van der Waals surface area contributed by atoms with Gasteiger partial charge in [0.05, 0.1) is 36.0 Å². The molecule has 0 spiro atoms. The van der Waals surface area contributed by atoms with E-state index in [1.54, 1.807) is 55.6 Å². The van der Waals surface area contributed by atoms with E-state index in [1.165, 1.54) is 11.2 Å². The van der Waals surface area contributed by atoms with Gasteiger partial charge in [-0.2, -0.15) is 0 Å². The summed E-state index contributed by atoms with van der Waals surface area (Å²) >= 11 is 0. The zero-order valence-corrected chi connectivity index (χ0v) is 23.4. The number of para-hydroxylation sites is 2. The Bertz CT molecular complexity index is 1360. The number of aliphatic hydroxyl groups excluding tert-OH is 1. The molecule has 3 aromatic rings. The Morgan fingerprint density at radius 2 is 1.64 bits per heavy atom. The highest BCUT2D eigenvalue weighted by Gasteiger charge is 2.29. The molecular formula is C29H36N4O5S. The van der Waals surface area contributed by atoms with Gasteiger partial charge in [-0.1, -0.05) is 29.8 Å². The summed E-state index contributed by atoms with van der Waals surface area (Å²) in [5, 5.41) is 13.8. The standard InChI is InChI=1S/C29H36N4O5S/c1-22-8-14-27(15-9-22)39(36,37)33(25-12-10-24(11-13-25)30-23(2)34)21-26(35)20-31-16-18-32(19-17-31)28-6-4-5-7-29(28)38-3/h4-15,26,35H,16-21H2,1-3H3,(H,30,34). The minimum absolute atomic E-state index is 0.109. The van der Waals surface area contributed by atoms with E-state index in [2.05, 4.69) is 15.1 Å². The summed E-state index contributed by atoms with van der Waals surface area (Å²) < 4.78 is 34.2. The molecule has 1 fully saturated rings. The van der Waals surface area contributed by atoms with Crippen LogP contribution >= 0.6 is 0 Å². The number of nitrogens with one attached hydrogen (secondary N) is 1. The number of piperazine rings is 1. The zero-order valence-electron chi connectivity index (χ0n) is 22.6. The summed E-state index contributed by atoms with van der Waals surface area (Å²) in [4.78, 5) is 16.0. The third kappa shape index (κ3) is 7.08. The largest absolute Gasteiger partial charge is 0.495 e. The van der Waals surface area contributed by atoms with E-state index < -0.39 is 16.1 Å². The molecule has 0 aromatic heterocycles. The summed E-state index contributed by atoms with van der Waals surface area (Å²) in [6.45, 7) is 6.52. The van der Waals surface area contributed by atoms with E-state index in [0.717, 1.165) is 43.2 Å². The van der Waals surface area contributed by atoms with Gasteiger partial charge in [0.15, 0.2) is 0 Å². The number of nitrogens with zero attached hydrogens (tertiary/aromatic N) is 3. The number of β-amino-alcohol motifs (C(OH)–C–C–N with tert-alkyl or cyclic N) is 1. The highest BCUT2D eigenvalue weighted by molar-refractivity contribution is 7.92. The highest BCUT2D eigenvalue weighted by atomic mass is 32.2. The molecule has 10 heteroatoms. The van der Waals surface area contributed by atoms with Gasteiger partial charge in [-0.3, -0.25) is 14.0 Å². The van der Waals surface area contributed by atoms with Crippen LogP contribution in [0, 0.1) is 6.92 Å². The van der Waals surface area contributed by atoms with Crippen LogP contribution in [0.3, 0.4) is 0 Å². The fourth-order valence-corrected chi connectivity index (χ4v) is 6.21. The minimum atomic E-state index is -3.95. The summed E-state index contributed by atoms with van der Waals surface area (Å²) in [5.74, 6) is 0.612. The van der Waals surface area contributed by atoms with Crippen molar-refractivity contribution in [3.63, 3.8) is 0 Å². The van der Waals surface area contributed by atoms with Crippen molar-refractivity contribution in [1.82, 2.24) is 4.90 Å². The Morgan fingerprint density at radius 3 is 2.26 bits per heavy atom. The molecule has 1 atom stereocenters. The quantitative estimate of drug-likeness (QED) is 0.398. The van der Waals surface area contributed by atoms with E-state index in [1.807, 2.05) is 31.2 Å². The lowest BCUT2D eigenvalue weighted by Gasteiger charge is -2.38. The first-order valence-electron chi connectivity index (χ1n) is 12.9. The number of sulfonamides is 1. The average molecular weight is 553 g/mol. The molecular weight excluding hydrogens is 516 g/mol. The predicted octanol–water partition coefficient (Wildman–Crippen LogP) is 3.34. The van der Waals surface area contributed by atoms with E-state index in [0.29, 0.717) is 17.9 Å². The lowest BCUT2D eigenvalue weighted by molar-refractivity contribution is -0.114. The van der Waals surface area contributed by atoms with Crippen molar-refractivity contribution in [2.45, 2.75) is 24.8 Å². The van der Waals surface area contributed by atoms with E-state index in [4.69, 9.17) is 4.74 Å². The Morgan fingerprint density at radius 1 is 1.00 bits per heavy atom. The lowest BCUT2D eigenvalue weighted by Crippen LogP contribution is -2.50. The Balaban J connectivity index is 1.48. The molecule has 2 N–H and O–H groups in total. The Hall–Kier alpha value is -3.60. The minimum Gasteiger partial charge on any atom is -0.495 e. The molecule has 0 bridgehead atoms. The Kier molecular flexibility index (Phi) is 9.11. The molecule has 0 aliphatic carbocycles. The fourth-order valence-electron chi connectivity index (χ4n) is 4.70.